The van der Waals surface area contributed by atoms with Crippen LogP contribution in [-0.2, 0) is 0 Å². The highest BCUT2D eigenvalue weighted by molar-refractivity contribution is 9.10. The first-order valence-corrected chi connectivity index (χ1v) is 4.80. The van der Waals surface area contributed by atoms with E-state index in [2.05, 4.69) is 37.2 Å². The van der Waals surface area contributed by atoms with E-state index in [1.54, 1.807) is 0 Å². The quantitative estimate of drug-likeness (QED) is 0.639. The number of anilines is 1. The molecule has 1 aromatic carbocycles. The molecule has 1 aromatic rings. The van der Waals surface area contributed by atoms with Gasteiger partial charge in [0.05, 0.1) is 5.45 Å². The summed E-state index contributed by atoms with van der Waals surface area (Å²) in [6, 6.07) is 8.05. The molecule has 0 saturated carbocycles. The summed E-state index contributed by atoms with van der Waals surface area (Å²) in [5, 5.41) is 3.13. The van der Waals surface area contributed by atoms with Crippen LogP contribution >= 0.6 is 31.9 Å². The average Bonchev–Trinajstić information content (AvgIpc) is 1.95. The summed E-state index contributed by atoms with van der Waals surface area (Å²) in [6.07, 6.45) is 0. The van der Waals surface area contributed by atoms with Crippen molar-refractivity contribution < 1.29 is 0 Å². The number of hydrogen-bond donors (Lipinski definition) is 1. The molecule has 0 fully saturated rings. The molecule has 0 aromatic heterocycles. The van der Waals surface area contributed by atoms with Crippen LogP contribution in [0.25, 0.3) is 0 Å². The van der Waals surface area contributed by atoms with Gasteiger partial charge >= 0.3 is 0 Å². The van der Waals surface area contributed by atoms with E-state index in [0.717, 1.165) is 15.6 Å². The molecule has 10 heavy (non-hydrogen) atoms. The fourth-order valence-corrected chi connectivity index (χ4v) is 1.23. The number of hydrogen-bond acceptors (Lipinski definition) is 1. The van der Waals surface area contributed by atoms with Crippen molar-refractivity contribution in [3.8, 4) is 0 Å². The number of alkyl halides is 1. The van der Waals surface area contributed by atoms with E-state index in [1.807, 2.05) is 24.3 Å². The second kappa shape index (κ2) is 3.98. The Morgan fingerprint density at radius 1 is 1.20 bits per heavy atom. The van der Waals surface area contributed by atoms with Crippen LogP contribution in [0.15, 0.2) is 28.7 Å². The van der Waals surface area contributed by atoms with Gasteiger partial charge < -0.3 is 5.32 Å². The number of benzene rings is 1. The van der Waals surface area contributed by atoms with Crippen molar-refractivity contribution in [3.05, 3.63) is 28.7 Å². The number of halogens is 2. The molecule has 0 atom stereocenters. The van der Waals surface area contributed by atoms with Gasteiger partial charge in [0.1, 0.15) is 0 Å². The van der Waals surface area contributed by atoms with E-state index in [9.17, 15) is 0 Å². The summed E-state index contributed by atoms with van der Waals surface area (Å²) >= 11 is 6.64. The molecule has 0 aliphatic carbocycles. The predicted molar refractivity (Wildman–Crippen MR) is 51.6 cm³/mol. The molecule has 1 N–H and O–H groups in total. The molecule has 0 spiro atoms. The van der Waals surface area contributed by atoms with Crippen LogP contribution in [0.4, 0.5) is 5.69 Å². The Labute approximate surface area is 77.1 Å². The highest BCUT2D eigenvalue weighted by atomic mass is 79.9. The van der Waals surface area contributed by atoms with E-state index in [1.165, 1.54) is 0 Å². The third-order valence-corrected chi connectivity index (χ3v) is 1.92. The minimum Gasteiger partial charge on any atom is -0.375 e. The monoisotopic (exact) mass is 263 g/mol. The Morgan fingerprint density at radius 2 is 1.80 bits per heavy atom. The molecular formula is C7H7Br2N. The van der Waals surface area contributed by atoms with Crippen LogP contribution < -0.4 is 5.32 Å². The van der Waals surface area contributed by atoms with Crippen LogP contribution in [0.1, 0.15) is 0 Å². The zero-order chi connectivity index (χ0) is 7.40. The van der Waals surface area contributed by atoms with Crippen LogP contribution in [-0.4, -0.2) is 5.45 Å². The molecule has 0 heterocycles. The van der Waals surface area contributed by atoms with E-state index in [-0.39, 0.29) is 0 Å². The summed E-state index contributed by atoms with van der Waals surface area (Å²) in [5.41, 5.74) is 1.91. The lowest BCUT2D eigenvalue weighted by Gasteiger charge is -1.99. The first-order valence-electron chi connectivity index (χ1n) is 2.88. The van der Waals surface area contributed by atoms with Gasteiger partial charge in [-0.15, -0.1) is 0 Å². The third-order valence-electron chi connectivity index (χ3n) is 1.12. The van der Waals surface area contributed by atoms with Gasteiger partial charge in [-0.3, -0.25) is 0 Å². The highest BCUT2D eigenvalue weighted by Gasteiger charge is 1.87. The maximum atomic E-state index is 3.36. The zero-order valence-corrected chi connectivity index (χ0v) is 8.44. The lowest BCUT2D eigenvalue weighted by molar-refractivity contribution is 1.47. The van der Waals surface area contributed by atoms with E-state index in [4.69, 9.17) is 0 Å². The lowest BCUT2D eigenvalue weighted by Crippen LogP contribution is -1.91. The fraction of sp³-hybridized carbons (Fsp3) is 0.143. The van der Waals surface area contributed by atoms with Crippen molar-refractivity contribution in [2.24, 2.45) is 0 Å². The molecule has 0 bridgehead atoms. The average molecular weight is 265 g/mol. The van der Waals surface area contributed by atoms with Gasteiger partial charge in [-0.05, 0) is 24.3 Å². The van der Waals surface area contributed by atoms with Gasteiger partial charge in [0.25, 0.3) is 0 Å². The Hall–Kier alpha value is -0.0200. The molecule has 0 amide bonds. The first kappa shape index (κ1) is 8.08. The van der Waals surface area contributed by atoms with Crippen molar-refractivity contribution >= 4 is 37.5 Å². The largest absolute Gasteiger partial charge is 0.375 e. The van der Waals surface area contributed by atoms with E-state index in [0.29, 0.717) is 0 Å². The molecule has 0 saturated heterocycles. The fourth-order valence-electron chi connectivity index (χ4n) is 0.645. The molecule has 0 aliphatic heterocycles. The Balaban J connectivity index is 2.69. The first-order chi connectivity index (χ1) is 4.83. The molecule has 0 radical (unpaired) electrons. The molecule has 1 nitrogen and oxygen atoms in total. The summed E-state index contributed by atoms with van der Waals surface area (Å²) < 4.78 is 1.10. The Kier molecular flexibility index (Phi) is 3.22. The zero-order valence-electron chi connectivity index (χ0n) is 5.27. The third kappa shape index (κ3) is 2.31. The van der Waals surface area contributed by atoms with Crippen LogP contribution in [0.2, 0.25) is 0 Å². The summed E-state index contributed by atoms with van der Waals surface area (Å²) in [6.45, 7) is 0. The van der Waals surface area contributed by atoms with Crippen LogP contribution in [0.5, 0.6) is 0 Å². The normalized spacial score (nSPS) is 9.40. The van der Waals surface area contributed by atoms with Crippen molar-refractivity contribution in [2.45, 2.75) is 0 Å². The van der Waals surface area contributed by atoms with Crippen molar-refractivity contribution in [1.82, 2.24) is 0 Å². The van der Waals surface area contributed by atoms with E-state index >= 15 is 0 Å². The molecule has 0 unspecified atom stereocenters. The molecule has 54 valence electrons. The number of nitrogens with one attached hydrogen (secondary N) is 1. The standard InChI is InChI=1S/C7H7Br2N/c8-5-10-7-3-1-6(9)2-4-7/h1-4,10H,5H2. The second-order valence-corrected chi connectivity index (χ2v) is 3.29. The minimum atomic E-state index is 0.786. The van der Waals surface area contributed by atoms with Gasteiger partial charge in [0.15, 0.2) is 0 Å². The summed E-state index contributed by atoms with van der Waals surface area (Å²) in [5.74, 6) is 0. The minimum absolute atomic E-state index is 0.786. The smallest absolute Gasteiger partial charge is 0.0707 e. The lowest BCUT2D eigenvalue weighted by atomic mass is 10.3. The van der Waals surface area contributed by atoms with Gasteiger partial charge in [-0.25, -0.2) is 0 Å². The van der Waals surface area contributed by atoms with Crippen LogP contribution in [0, 0.1) is 0 Å². The van der Waals surface area contributed by atoms with Crippen LogP contribution in [0.3, 0.4) is 0 Å². The van der Waals surface area contributed by atoms with Crippen molar-refractivity contribution in [1.29, 1.82) is 0 Å². The molecule has 1 rings (SSSR count). The maximum absolute atomic E-state index is 3.36. The van der Waals surface area contributed by atoms with E-state index < -0.39 is 0 Å². The highest BCUT2D eigenvalue weighted by Crippen LogP contribution is 2.13. The molecule has 0 aliphatic rings. The van der Waals surface area contributed by atoms with Gasteiger partial charge in [-0.1, -0.05) is 31.9 Å². The summed E-state index contributed by atoms with van der Waals surface area (Å²) in [4.78, 5) is 0. The SMILES string of the molecule is BrCNc1ccc(Br)cc1. The molecular weight excluding hydrogens is 258 g/mol. The van der Waals surface area contributed by atoms with Gasteiger partial charge in [-0.2, -0.15) is 0 Å². The molecule has 3 heteroatoms. The predicted octanol–water partition coefficient (Wildman–Crippen LogP) is 3.21. The number of rotatable bonds is 2. The van der Waals surface area contributed by atoms with Gasteiger partial charge in [0, 0.05) is 10.2 Å². The Morgan fingerprint density at radius 3 is 2.30 bits per heavy atom. The maximum Gasteiger partial charge on any atom is 0.0707 e. The Bertz CT molecular complexity index is 195. The summed E-state index contributed by atoms with van der Waals surface area (Å²) in [7, 11) is 0. The topological polar surface area (TPSA) is 12.0 Å². The van der Waals surface area contributed by atoms with Crippen molar-refractivity contribution in [2.75, 3.05) is 10.8 Å². The van der Waals surface area contributed by atoms with Gasteiger partial charge in [0.2, 0.25) is 0 Å². The second-order valence-electron chi connectivity index (χ2n) is 1.82. The van der Waals surface area contributed by atoms with Crippen molar-refractivity contribution in [3.63, 3.8) is 0 Å².